The summed E-state index contributed by atoms with van der Waals surface area (Å²) in [5, 5.41) is 20.3. The van der Waals surface area contributed by atoms with Gasteiger partial charge >= 0.3 is 0 Å². The molecule has 12 atom stereocenters. The molecule has 23 nitrogen and oxygen atoms in total. The standard InChI is InChI=1S/C64H117N11O12/c1-26-29-31-41(12)53(77)52(57(81)67-45(28-3)60(84)69(19)36-50(76)71(21)47(54(65)78)32-30-27-2)75(25)63(87)51(40(10)11)74(24)62(86)49(35-39(8)9)73(23)61(85)48(34-38(6)7)72(22)59(83)43(14)66-56(80)46(33-37(4)5)68-55(79)44(15)70(20)58(82)42(13)64(16,17)18/h26,29,37-49,51-53,77H,27-28,30-36H2,1-25H3,(H2,65,78)(H,66,80)(H,67,81)(H,68,79)/b29-26+/t41-,42+,43+,44+,45+,46?,47+,48-,49-,51+,52?,53+/m1/s1. The monoisotopic (exact) mass is 1230 g/mol. The molecule has 6 N–H and O–H groups in total. The minimum atomic E-state index is -1.60. The van der Waals surface area contributed by atoms with Crippen LogP contribution in [-0.2, 0) is 52.7 Å². The van der Waals surface area contributed by atoms with Crippen molar-refractivity contribution in [3.8, 4) is 0 Å². The van der Waals surface area contributed by atoms with Gasteiger partial charge in [-0.2, -0.15) is 0 Å². The van der Waals surface area contributed by atoms with Gasteiger partial charge in [0.05, 0.1) is 12.6 Å². The van der Waals surface area contributed by atoms with E-state index in [0.29, 0.717) is 19.3 Å². The smallest absolute Gasteiger partial charge is 0.246 e. The van der Waals surface area contributed by atoms with Gasteiger partial charge in [-0.3, -0.25) is 52.7 Å². The molecule has 0 aromatic carbocycles. The van der Waals surface area contributed by atoms with Crippen LogP contribution in [0.4, 0.5) is 0 Å². The lowest BCUT2D eigenvalue weighted by atomic mass is 9.81. The van der Waals surface area contributed by atoms with E-state index in [1.807, 2.05) is 69.2 Å². The number of amides is 11. The Morgan fingerprint density at radius 3 is 1.44 bits per heavy atom. The van der Waals surface area contributed by atoms with Gasteiger partial charge in [0.2, 0.25) is 65.0 Å². The van der Waals surface area contributed by atoms with Crippen molar-refractivity contribution in [2.24, 2.45) is 46.7 Å². The molecule has 0 aromatic rings. The Bertz CT molecular complexity index is 2340. The van der Waals surface area contributed by atoms with Crippen LogP contribution in [0, 0.1) is 40.9 Å². The molecular weight excluding hydrogens is 1110 g/mol. The largest absolute Gasteiger partial charge is 0.390 e. The normalized spacial score (nSPS) is 16.0. The highest BCUT2D eigenvalue weighted by Crippen LogP contribution is 2.28. The molecular formula is C64H117N11O12. The molecule has 0 rings (SSSR count). The van der Waals surface area contributed by atoms with Crippen LogP contribution in [0.5, 0.6) is 0 Å². The van der Waals surface area contributed by atoms with Crippen molar-refractivity contribution in [2.45, 2.75) is 236 Å². The first-order valence-electron chi connectivity index (χ1n) is 31.3. The zero-order valence-corrected chi connectivity index (χ0v) is 57.9. The number of nitrogens with two attached hydrogens (primary N) is 1. The third kappa shape index (κ3) is 24.1. The lowest BCUT2D eigenvalue weighted by molar-refractivity contribution is -0.157. The number of unbranched alkanes of at least 4 members (excludes halogenated alkanes) is 1. The first-order valence-corrected chi connectivity index (χ1v) is 31.3. The molecule has 0 saturated heterocycles. The molecule has 0 fully saturated rings. The maximum atomic E-state index is 15.2. The molecule has 87 heavy (non-hydrogen) atoms. The second kappa shape index (κ2) is 37.0. The summed E-state index contributed by atoms with van der Waals surface area (Å²) in [7, 11) is 10.1. The van der Waals surface area contributed by atoms with Gasteiger partial charge in [0.15, 0.2) is 0 Å². The van der Waals surface area contributed by atoms with E-state index in [1.165, 1.54) is 73.7 Å². The number of allylic oxidation sites excluding steroid dienone is 2. The average Bonchev–Trinajstić information content (AvgIpc) is 1.12. The summed E-state index contributed by atoms with van der Waals surface area (Å²) in [6, 6.07) is -10.4. The Morgan fingerprint density at radius 1 is 0.529 bits per heavy atom. The number of aliphatic hydroxyl groups is 1. The van der Waals surface area contributed by atoms with Crippen molar-refractivity contribution in [1.29, 1.82) is 0 Å². The summed E-state index contributed by atoms with van der Waals surface area (Å²) in [4.78, 5) is 164. The van der Waals surface area contributed by atoms with E-state index in [0.717, 1.165) is 16.2 Å². The molecule has 0 aliphatic carbocycles. The first-order chi connectivity index (χ1) is 40.0. The number of nitrogens with one attached hydrogen (secondary N) is 3. The van der Waals surface area contributed by atoms with E-state index in [2.05, 4.69) is 16.0 Å². The SMILES string of the molecule is C/C=C/C[C@@H](C)[C@H](O)C(C(=O)N[C@@H](CC)C(=O)N(C)CC(=O)N(C)[C@@H](CCCC)C(N)=O)N(C)C(=O)[C@H](C(C)C)N(C)C(=O)[C@@H](CC(C)C)N(C)C(=O)[C@@H](CC(C)C)N(C)C(=O)[C@H](C)NC(=O)C(CC(C)C)NC(=O)[C@H](C)N(C)C(=O)[C@H](C)C(C)(C)C. The third-order valence-corrected chi connectivity index (χ3v) is 16.8. The van der Waals surface area contributed by atoms with Crippen LogP contribution in [0.15, 0.2) is 12.2 Å². The molecule has 0 spiro atoms. The van der Waals surface area contributed by atoms with Gasteiger partial charge in [-0.15, -0.1) is 0 Å². The van der Waals surface area contributed by atoms with E-state index in [-0.39, 0.29) is 54.8 Å². The summed E-state index contributed by atoms with van der Waals surface area (Å²) in [5.74, 6) is -8.62. The molecule has 0 heterocycles. The summed E-state index contributed by atoms with van der Waals surface area (Å²) in [6.45, 7) is 32.1. The zero-order chi connectivity index (χ0) is 68.0. The maximum absolute atomic E-state index is 15.2. The fourth-order valence-corrected chi connectivity index (χ4v) is 10.3. The number of primary amides is 1. The van der Waals surface area contributed by atoms with Crippen LogP contribution in [0.1, 0.15) is 176 Å². The molecule has 2 unspecified atom stereocenters. The van der Waals surface area contributed by atoms with E-state index >= 15 is 14.4 Å². The minimum Gasteiger partial charge on any atom is -0.390 e. The lowest BCUT2D eigenvalue weighted by Crippen LogP contribution is -2.63. The van der Waals surface area contributed by atoms with Gasteiger partial charge in [-0.05, 0) is 94.3 Å². The van der Waals surface area contributed by atoms with E-state index in [9.17, 15) is 43.5 Å². The summed E-state index contributed by atoms with van der Waals surface area (Å²) in [6.07, 6.45) is 4.75. The molecule has 0 bridgehead atoms. The Hall–Kier alpha value is -6.13. The van der Waals surface area contributed by atoms with Gasteiger partial charge in [0, 0.05) is 55.3 Å². The number of aliphatic hydroxyl groups excluding tert-OH is 1. The second-order valence-electron chi connectivity index (χ2n) is 26.9. The number of hydrogen-bond donors (Lipinski definition) is 5. The van der Waals surface area contributed by atoms with Crippen LogP contribution < -0.4 is 21.7 Å². The van der Waals surface area contributed by atoms with Crippen molar-refractivity contribution in [3.63, 3.8) is 0 Å². The van der Waals surface area contributed by atoms with Crippen molar-refractivity contribution in [1.82, 2.24) is 50.2 Å². The topological polar surface area (TPSA) is 293 Å². The predicted octanol–water partition coefficient (Wildman–Crippen LogP) is 4.43. The van der Waals surface area contributed by atoms with Crippen LogP contribution in [0.25, 0.3) is 0 Å². The summed E-state index contributed by atoms with van der Waals surface area (Å²) >= 11 is 0. The van der Waals surface area contributed by atoms with Crippen LogP contribution in [-0.4, -0.2) is 221 Å². The molecule has 0 saturated carbocycles. The van der Waals surface area contributed by atoms with Gasteiger partial charge in [0.1, 0.15) is 54.4 Å². The van der Waals surface area contributed by atoms with Crippen molar-refractivity contribution >= 4 is 65.0 Å². The number of likely N-dealkylation sites (N-methyl/N-ethyl adjacent to an activating group) is 7. The molecule has 0 aliphatic heterocycles. The van der Waals surface area contributed by atoms with Crippen LogP contribution in [0.2, 0.25) is 0 Å². The van der Waals surface area contributed by atoms with E-state index in [1.54, 1.807) is 67.7 Å². The average molecular weight is 1230 g/mol. The predicted molar refractivity (Wildman–Crippen MR) is 340 cm³/mol. The van der Waals surface area contributed by atoms with Gasteiger partial charge in [0.25, 0.3) is 0 Å². The number of nitrogens with zero attached hydrogens (tertiary/aromatic N) is 7. The van der Waals surface area contributed by atoms with Crippen molar-refractivity contribution < 1.29 is 57.8 Å². The molecule has 500 valence electrons. The van der Waals surface area contributed by atoms with E-state index in [4.69, 9.17) is 5.73 Å². The Balaban J connectivity index is 7.13. The Morgan fingerprint density at radius 2 is 1.00 bits per heavy atom. The Kier molecular flexibility index (Phi) is 34.4. The third-order valence-electron chi connectivity index (χ3n) is 16.8. The van der Waals surface area contributed by atoms with Crippen LogP contribution in [0.3, 0.4) is 0 Å². The molecule has 0 aromatic heterocycles. The summed E-state index contributed by atoms with van der Waals surface area (Å²) in [5.41, 5.74) is 5.26. The fraction of sp³-hybridized carbons (Fsp3) is 0.797. The number of hydrogen-bond acceptors (Lipinski definition) is 12. The highest BCUT2D eigenvalue weighted by atomic mass is 16.3. The molecule has 23 heteroatoms. The van der Waals surface area contributed by atoms with Crippen LogP contribution >= 0.6 is 0 Å². The van der Waals surface area contributed by atoms with Crippen molar-refractivity contribution in [3.05, 3.63) is 12.2 Å². The first kappa shape index (κ1) is 80.9. The Labute approximate surface area is 522 Å². The highest BCUT2D eigenvalue weighted by Gasteiger charge is 2.45. The quantitative estimate of drug-likeness (QED) is 0.0545. The number of rotatable bonds is 36. The summed E-state index contributed by atoms with van der Waals surface area (Å²) < 4.78 is 0. The van der Waals surface area contributed by atoms with Gasteiger partial charge in [-0.25, -0.2) is 0 Å². The van der Waals surface area contributed by atoms with Gasteiger partial charge in [-0.1, -0.05) is 129 Å². The lowest BCUT2D eigenvalue weighted by Gasteiger charge is -2.41. The van der Waals surface area contributed by atoms with Gasteiger partial charge < -0.3 is 61.1 Å². The maximum Gasteiger partial charge on any atom is 0.246 e. The second-order valence-corrected chi connectivity index (χ2v) is 26.9. The molecule has 11 amide bonds. The number of carbonyl (C=O) groups excluding carboxylic acids is 11. The minimum absolute atomic E-state index is 0.0574. The van der Waals surface area contributed by atoms with E-state index < -0.39 is 144 Å². The molecule has 0 aliphatic rings. The fourth-order valence-electron chi connectivity index (χ4n) is 10.3. The van der Waals surface area contributed by atoms with Crippen molar-refractivity contribution in [2.75, 3.05) is 55.9 Å². The zero-order valence-electron chi connectivity index (χ0n) is 57.9. The molecule has 0 radical (unpaired) electrons. The highest BCUT2D eigenvalue weighted by molar-refractivity contribution is 5.99. The number of carbonyl (C=O) groups is 11.